The molecule has 3 rings (SSSR count). The van der Waals surface area contributed by atoms with Crippen molar-refractivity contribution >= 4 is 52.2 Å². The normalized spacial score (nSPS) is 15.4. The zero-order valence-corrected chi connectivity index (χ0v) is 17.5. The van der Waals surface area contributed by atoms with Crippen LogP contribution in [0.3, 0.4) is 0 Å². The van der Waals surface area contributed by atoms with Crippen LogP contribution in [0.4, 0.5) is 4.79 Å². The molecule has 0 N–H and O–H groups in total. The van der Waals surface area contributed by atoms with Crippen LogP contribution in [0.25, 0.3) is 6.08 Å². The molecule has 2 amide bonds. The fourth-order valence-electron chi connectivity index (χ4n) is 2.66. The average molecular weight is 438 g/mol. The Bertz CT molecular complexity index is 961. The molecule has 0 aromatic heterocycles. The second-order valence-corrected chi connectivity index (χ2v) is 7.67. The van der Waals surface area contributed by atoms with Crippen LogP contribution in [-0.4, -0.2) is 29.8 Å². The van der Waals surface area contributed by atoms with Crippen molar-refractivity contribution in [1.29, 1.82) is 0 Å². The zero-order valence-electron chi connectivity index (χ0n) is 15.2. The third-order valence-electron chi connectivity index (χ3n) is 3.98. The summed E-state index contributed by atoms with van der Waals surface area (Å²) in [6.45, 7) is 2.53. The molecule has 1 aliphatic heterocycles. The molecule has 1 aliphatic rings. The number of methoxy groups -OCH3 is 1. The molecule has 2 aromatic rings. The van der Waals surface area contributed by atoms with Crippen LogP contribution in [-0.2, 0) is 11.3 Å². The van der Waals surface area contributed by atoms with Gasteiger partial charge in [-0.3, -0.25) is 14.5 Å². The Balaban J connectivity index is 1.81. The Kier molecular flexibility index (Phi) is 6.54. The van der Waals surface area contributed by atoms with Gasteiger partial charge in [-0.2, -0.15) is 0 Å². The van der Waals surface area contributed by atoms with Gasteiger partial charge in [-0.15, -0.1) is 0 Å². The molecule has 0 spiro atoms. The summed E-state index contributed by atoms with van der Waals surface area (Å²) >= 11 is 12.8. The quantitative estimate of drug-likeness (QED) is 0.547. The Morgan fingerprint density at radius 1 is 1.07 bits per heavy atom. The SMILES string of the molecule is CCOc1ccc(/C=C2\SC(=O)N(Cc3ccc(Cl)c(Cl)c3)C2=O)cc1OC. The predicted octanol–water partition coefficient (Wildman–Crippen LogP) is 5.64. The van der Waals surface area contributed by atoms with E-state index in [2.05, 4.69) is 0 Å². The van der Waals surface area contributed by atoms with E-state index in [0.717, 1.165) is 22.9 Å². The molecule has 0 radical (unpaired) electrons. The largest absolute Gasteiger partial charge is 0.493 e. The standard InChI is InChI=1S/C20H17Cl2NO4S/c1-3-27-16-7-5-12(9-17(16)26-2)10-18-19(24)23(20(25)28-18)11-13-4-6-14(21)15(22)8-13/h4-10H,3,11H2,1-2H3/b18-10-. The van der Waals surface area contributed by atoms with E-state index < -0.39 is 0 Å². The van der Waals surface area contributed by atoms with Gasteiger partial charge in [0.1, 0.15) is 0 Å². The number of benzene rings is 2. The van der Waals surface area contributed by atoms with Gasteiger partial charge in [0, 0.05) is 0 Å². The van der Waals surface area contributed by atoms with E-state index in [-0.39, 0.29) is 17.7 Å². The minimum absolute atomic E-state index is 0.130. The smallest absolute Gasteiger partial charge is 0.293 e. The summed E-state index contributed by atoms with van der Waals surface area (Å²) in [5, 5.41) is 0.465. The first-order chi connectivity index (χ1) is 13.4. The monoisotopic (exact) mass is 437 g/mol. The maximum absolute atomic E-state index is 12.7. The third kappa shape index (κ3) is 4.46. The van der Waals surface area contributed by atoms with Gasteiger partial charge in [0.2, 0.25) is 0 Å². The predicted molar refractivity (Wildman–Crippen MR) is 112 cm³/mol. The molecule has 8 heteroatoms. The number of thioether (sulfide) groups is 1. The van der Waals surface area contributed by atoms with E-state index in [4.69, 9.17) is 32.7 Å². The van der Waals surface area contributed by atoms with Crippen LogP contribution in [0.5, 0.6) is 11.5 Å². The number of imide groups is 1. The Morgan fingerprint density at radius 3 is 2.54 bits per heavy atom. The molecule has 1 saturated heterocycles. The maximum atomic E-state index is 12.7. The van der Waals surface area contributed by atoms with E-state index >= 15 is 0 Å². The molecule has 0 aliphatic carbocycles. The fraction of sp³-hybridized carbons (Fsp3) is 0.200. The van der Waals surface area contributed by atoms with Gasteiger partial charge in [-0.05, 0) is 60.2 Å². The van der Waals surface area contributed by atoms with E-state index in [0.29, 0.717) is 33.1 Å². The van der Waals surface area contributed by atoms with Gasteiger partial charge in [-0.25, -0.2) is 0 Å². The molecule has 1 fully saturated rings. The first-order valence-electron chi connectivity index (χ1n) is 8.43. The number of halogens is 2. The molecule has 0 bridgehead atoms. The van der Waals surface area contributed by atoms with Crippen molar-refractivity contribution < 1.29 is 19.1 Å². The highest BCUT2D eigenvalue weighted by Crippen LogP contribution is 2.35. The second kappa shape index (κ2) is 8.90. The lowest BCUT2D eigenvalue weighted by Gasteiger charge is -2.13. The van der Waals surface area contributed by atoms with Gasteiger partial charge in [0.15, 0.2) is 11.5 Å². The molecule has 0 unspecified atom stereocenters. The summed E-state index contributed by atoms with van der Waals surface area (Å²) in [7, 11) is 1.55. The molecular formula is C20H17Cl2NO4S. The minimum atomic E-state index is -0.353. The number of hydrogen-bond acceptors (Lipinski definition) is 5. The van der Waals surface area contributed by atoms with Crippen molar-refractivity contribution in [2.45, 2.75) is 13.5 Å². The summed E-state index contributed by atoms with van der Waals surface area (Å²) in [5.74, 6) is 0.828. The molecule has 28 heavy (non-hydrogen) atoms. The highest BCUT2D eigenvalue weighted by atomic mass is 35.5. The highest BCUT2D eigenvalue weighted by molar-refractivity contribution is 8.18. The van der Waals surface area contributed by atoms with Crippen LogP contribution >= 0.6 is 35.0 Å². The first-order valence-corrected chi connectivity index (χ1v) is 10.00. The summed E-state index contributed by atoms with van der Waals surface area (Å²) in [6.07, 6.45) is 1.66. The first kappa shape index (κ1) is 20.6. The summed E-state index contributed by atoms with van der Waals surface area (Å²) in [4.78, 5) is 26.6. The lowest BCUT2D eigenvalue weighted by Crippen LogP contribution is -2.27. The maximum Gasteiger partial charge on any atom is 0.293 e. The Hall–Kier alpha value is -2.15. The molecule has 0 saturated carbocycles. The van der Waals surface area contributed by atoms with Crippen LogP contribution in [0, 0.1) is 0 Å². The summed E-state index contributed by atoms with van der Waals surface area (Å²) < 4.78 is 10.8. The number of hydrogen-bond donors (Lipinski definition) is 0. The van der Waals surface area contributed by atoms with Crippen LogP contribution in [0.15, 0.2) is 41.3 Å². The fourth-order valence-corrected chi connectivity index (χ4v) is 3.82. The molecular weight excluding hydrogens is 421 g/mol. The summed E-state index contributed by atoms with van der Waals surface area (Å²) in [6, 6.07) is 10.4. The number of carbonyl (C=O) groups excluding carboxylic acids is 2. The van der Waals surface area contributed by atoms with Gasteiger partial charge < -0.3 is 9.47 Å². The lowest BCUT2D eigenvalue weighted by atomic mass is 10.1. The van der Waals surface area contributed by atoms with Crippen molar-refractivity contribution in [1.82, 2.24) is 4.90 Å². The topological polar surface area (TPSA) is 55.8 Å². The third-order valence-corrected chi connectivity index (χ3v) is 5.63. The van der Waals surface area contributed by atoms with Crippen molar-refractivity contribution in [3.63, 3.8) is 0 Å². The molecule has 0 atom stereocenters. The molecule has 146 valence electrons. The number of amides is 2. The number of carbonyl (C=O) groups is 2. The van der Waals surface area contributed by atoms with Crippen LogP contribution in [0.2, 0.25) is 10.0 Å². The second-order valence-electron chi connectivity index (χ2n) is 5.86. The van der Waals surface area contributed by atoms with E-state index in [9.17, 15) is 9.59 Å². The van der Waals surface area contributed by atoms with E-state index in [1.165, 1.54) is 4.90 Å². The van der Waals surface area contributed by atoms with Gasteiger partial charge in [-0.1, -0.05) is 35.3 Å². The molecule has 2 aromatic carbocycles. The van der Waals surface area contributed by atoms with Crippen LogP contribution < -0.4 is 9.47 Å². The Labute approximate surface area is 177 Å². The Morgan fingerprint density at radius 2 is 1.86 bits per heavy atom. The van der Waals surface area contributed by atoms with Crippen molar-refractivity contribution in [2.24, 2.45) is 0 Å². The zero-order chi connectivity index (χ0) is 20.3. The van der Waals surface area contributed by atoms with Gasteiger partial charge >= 0.3 is 0 Å². The van der Waals surface area contributed by atoms with E-state index in [1.807, 2.05) is 6.92 Å². The van der Waals surface area contributed by atoms with Gasteiger partial charge in [0.25, 0.3) is 11.1 Å². The number of rotatable bonds is 6. The summed E-state index contributed by atoms with van der Waals surface area (Å²) in [5.41, 5.74) is 1.46. The van der Waals surface area contributed by atoms with Crippen molar-refractivity contribution in [2.75, 3.05) is 13.7 Å². The average Bonchev–Trinajstić information content (AvgIpc) is 2.93. The van der Waals surface area contributed by atoms with Crippen molar-refractivity contribution in [3.8, 4) is 11.5 Å². The minimum Gasteiger partial charge on any atom is -0.493 e. The number of nitrogens with zero attached hydrogens (tertiary/aromatic N) is 1. The van der Waals surface area contributed by atoms with Gasteiger partial charge in [0.05, 0.1) is 35.2 Å². The molecule has 1 heterocycles. The lowest BCUT2D eigenvalue weighted by molar-refractivity contribution is -0.123. The number of ether oxygens (including phenoxy) is 2. The van der Waals surface area contributed by atoms with Crippen LogP contribution in [0.1, 0.15) is 18.1 Å². The highest BCUT2D eigenvalue weighted by Gasteiger charge is 2.35. The van der Waals surface area contributed by atoms with Crippen molar-refractivity contribution in [3.05, 3.63) is 62.5 Å². The molecule has 5 nitrogen and oxygen atoms in total. The van der Waals surface area contributed by atoms with E-state index in [1.54, 1.807) is 49.6 Å².